The van der Waals surface area contributed by atoms with Gasteiger partial charge in [0.1, 0.15) is 6.04 Å². The average Bonchev–Trinajstić information content (AvgIpc) is 3.21. The summed E-state index contributed by atoms with van der Waals surface area (Å²) in [6.07, 6.45) is 9.42. The molecule has 39 heavy (non-hydrogen) atoms. The molecule has 0 aliphatic carbocycles. The summed E-state index contributed by atoms with van der Waals surface area (Å²) in [5, 5.41) is 5.49. The van der Waals surface area contributed by atoms with Crippen molar-refractivity contribution in [3.63, 3.8) is 0 Å². The summed E-state index contributed by atoms with van der Waals surface area (Å²) in [5.74, 6) is -1.78. The fourth-order valence-corrected chi connectivity index (χ4v) is 6.39. The van der Waals surface area contributed by atoms with Crippen molar-refractivity contribution in [3.05, 3.63) is 29.3 Å². The van der Waals surface area contributed by atoms with E-state index in [0.717, 1.165) is 50.1 Å². The topological polar surface area (TPSA) is 119 Å². The van der Waals surface area contributed by atoms with Crippen LogP contribution in [0.5, 0.6) is 0 Å². The summed E-state index contributed by atoms with van der Waals surface area (Å²) in [4.78, 5) is 68.3. The van der Waals surface area contributed by atoms with Gasteiger partial charge >= 0.3 is 0 Å². The molecule has 0 bridgehead atoms. The zero-order chi connectivity index (χ0) is 27.4. The fourth-order valence-electron chi connectivity index (χ4n) is 6.39. The van der Waals surface area contributed by atoms with Crippen molar-refractivity contribution in [2.45, 2.75) is 82.7 Å². The van der Waals surface area contributed by atoms with Crippen LogP contribution < -0.4 is 10.6 Å². The van der Waals surface area contributed by atoms with Gasteiger partial charge in [-0.2, -0.15) is 0 Å². The second-order valence-corrected chi connectivity index (χ2v) is 11.1. The average molecular weight is 538 g/mol. The second kappa shape index (κ2) is 12.3. The van der Waals surface area contributed by atoms with Crippen LogP contribution in [0.15, 0.2) is 18.2 Å². The normalized spacial score (nSPS) is 22.7. The van der Waals surface area contributed by atoms with Crippen LogP contribution in [0.3, 0.4) is 0 Å². The van der Waals surface area contributed by atoms with E-state index in [9.17, 15) is 24.0 Å². The summed E-state index contributed by atoms with van der Waals surface area (Å²) in [6.45, 7) is 4.75. The maximum Gasteiger partial charge on any atom is 0.264 e. The summed E-state index contributed by atoms with van der Waals surface area (Å²) in [6, 6.07) is 4.73. The molecular weight excluding hydrogens is 498 g/mol. The van der Waals surface area contributed by atoms with Crippen LogP contribution >= 0.6 is 0 Å². The number of imide groups is 2. The molecule has 1 aromatic rings. The molecular formula is C29H39N5O5. The highest BCUT2D eigenvalue weighted by molar-refractivity contribution is 6.25. The third-order valence-electron chi connectivity index (χ3n) is 8.58. The van der Waals surface area contributed by atoms with Crippen molar-refractivity contribution >= 4 is 35.2 Å². The van der Waals surface area contributed by atoms with E-state index in [0.29, 0.717) is 24.7 Å². The summed E-state index contributed by atoms with van der Waals surface area (Å²) in [5.41, 5.74) is 1.10. The predicted octanol–water partition coefficient (Wildman–Crippen LogP) is 2.54. The number of carbonyl (C=O) groups is 5. The SMILES string of the molecule is O=C1CCC(N2C(=O)c3cccc(NCCCCCC(=O)N4CCC(N5CCCCC5)CC4)c3C2=O)C(=O)N1. The number of fused-ring (bicyclic) bond motifs is 1. The van der Waals surface area contributed by atoms with Gasteiger partial charge in [-0.1, -0.05) is 18.9 Å². The van der Waals surface area contributed by atoms with Crippen molar-refractivity contribution in [3.8, 4) is 0 Å². The minimum absolute atomic E-state index is 0.0916. The lowest BCUT2D eigenvalue weighted by Gasteiger charge is -2.40. The number of amides is 5. The predicted molar refractivity (Wildman–Crippen MR) is 145 cm³/mol. The molecule has 10 heteroatoms. The molecule has 1 atom stereocenters. The number of piperidine rings is 3. The first-order valence-corrected chi connectivity index (χ1v) is 14.5. The van der Waals surface area contributed by atoms with Gasteiger partial charge in [-0.05, 0) is 70.2 Å². The Kier molecular flexibility index (Phi) is 8.60. The van der Waals surface area contributed by atoms with Crippen LogP contribution in [0, 0.1) is 0 Å². The van der Waals surface area contributed by atoms with E-state index in [-0.39, 0.29) is 29.9 Å². The van der Waals surface area contributed by atoms with Crippen molar-refractivity contribution in [2.24, 2.45) is 0 Å². The number of nitrogens with zero attached hydrogens (tertiary/aromatic N) is 3. The smallest absolute Gasteiger partial charge is 0.264 e. The van der Waals surface area contributed by atoms with Crippen LogP contribution in [-0.2, 0) is 14.4 Å². The Morgan fingerprint density at radius 2 is 1.67 bits per heavy atom. The van der Waals surface area contributed by atoms with E-state index >= 15 is 0 Å². The molecule has 10 nitrogen and oxygen atoms in total. The van der Waals surface area contributed by atoms with Gasteiger partial charge in [-0.15, -0.1) is 0 Å². The first-order valence-electron chi connectivity index (χ1n) is 14.5. The maximum atomic E-state index is 13.2. The lowest BCUT2D eigenvalue weighted by atomic mass is 9.99. The third kappa shape index (κ3) is 6.00. The number of hydrogen-bond acceptors (Lipinski definition) is 7. The molecule has 2 N–H and O–H groups in total. The molecule has 1 unspecified atom stereocenters. The Labute approximate surface area is 229 Å². The molecule has 4 heterocycles. The molecule has 4 aliphatic rings. The number of unbranched alkanes of at least 4 members (excludes halogenated alkanes) is 2. The van der Waals surface area contributed by atoms with E-state index < -0.39 is 29.7 Å². The molecule has 5 amide bonds. The number of carbonyl (C=O) groups excluding carboxylic acids is 5. The number of rotatable bonds is 9. The van der Waals surface area contributed by atoms with Gasteiger partial charge in [0, 0.05) is 44.2 Å². The number of benzene rings is 1. The van der Waals surface area contributed by atoms with Gasteiger partial charge < -0.3 is 15.1 Å². The lowest BCUT2D eigenvalue weighted by molar-refractivity contribution is -0.136. The molecule has 0 spiro atoms. The Hall–Kier alpha value is -3.27. The Balaban J connectivity index is 1.04. The molecule has 1 aromatic carbocycles. The number of nitrogens with one attached hydrogen (secondary N) is 2. The van der Waals surface area contributed by atoms with Crippen LogP contribution in [0.2, 0.25) is 0 Å². The Bertz CT molecular complexity index is 1120. The summed E-state index contributed by atoms with van der Waals surface area (Å²) >= 11 is 0. The highest BCUT2D eigenvalue weighted by Gasteiger charge is 2.45. The summed E-state index contributed by atoms with van der Waals surface area (Å²) in [7, 11) is 0. The van der Waals surface area contributed by atoms with Crippen LogP contribution in [0.4, 0.5) is 5.69 Å². The van der Waals surface area contributed by atoms with Crippen LogP contribution in [-0.4, -0.2) is 89.0 Å². The van der Waals surface area contributed by atoms with Gasteiger partial charge in [0.15, 0.2) is 0 Å². The Morgan fingerprint density at radius 1 is 0.897 bits per heavy atom. The zero-order valence-corrected chi connectivity index (χ0v) is 22.6. The zero-order valence-electron chi connectivity index (χ0n) is 22.6. The fraction of sp³-hybridized carbons (Fsp3) is 0.621. The van der Waals surface area contributed by atoms with Gasteiger partial charge in [0.2, 0.25) is 17.7 Å². The highest BCUT2D eigenvalue weighted by Crippen LogP contribution is 2.32. The van der Waals surface area contributed by atoms with Crippen LogP contribution in [0.25, 0.3) is 0 Å². The molecule has 0 saturated carbocycles. The van der Waals surface area contributed by atoms with Crippen LogP contribution in [0.1, 0.15) is 91.3 Å². The molecule has 0 radical (unpaired) electrons. The minimum atomic E-state index is -0.976. The first-order chi connectivity index (χ1) is 18.9. The molecule has 3 fully saturated rings. The van der Waals surface area contributed by atoms with Crippen molar-refractivity contribution < 1.29 is 24.0 Å². The van der Waals surface area contributed by atoms with E-state index in [4.69, 9.17) is 0 Å². The highest BCUT2D eigenvalue weighted by atomic mass is 16.2. The monoisotopic (exact) mass is 537 g/mol. The van der Waals surface area contributed by atoms with Crippen molar-refractivity contribution in [2.75, 3.05) is 38.0 Å². The largest absolute Gasteiger partial charge is 0.384 e. The van der Waals surface area contributed by atoms with Gasteiger partial charge in [-0.25, -0.2) is 0 Å². The van der Waals surface area contributed by atoms with Gasteiger partial charge in [0.25, 0.3) is 11.8 Å². The van der Waals surface area contributed by atoms with E-state index in [1.54, 1.807) is 18.2 Å². The molecule has 3 saturated heterocycles. The molecule has 5 rings (SSSR count). The quantitative estimate of drug-likeness (QED) is 0.367. The molecule has 0 aromatic heterocycles. The van der Waals surface area contributed by atoms with Crippen molar-refractivity contribution in [1.82, 2.24) is 20.0 Å². The minimum Gasteiger partial charge on any atom is -0.384 e. The van der Waals surface area contributed by atoms with Gasteiger partial charge in [-0.3, -0.25) is 34.2 Å². The number of hydrogen-bond donors (Lipinski definition) is 2. The lowest BCUT2D eigenvalue weighted by Crippen LogP contribution is -2.54. The molecule has 210 valence electrons. The van der Waals surface area contributed by atoms with E-state index in [2.05, 4.69) is 15.5 Å². The van der Waals surface area contributed by atoms with Gasteiger partial charge in [0.05, 0.1) is 11.1 Å². The second-order valence-electron chi connectivity index (χ2n) is 11.1. The van der Waals surface area contributed by atoms with E-state index in [1.165, 1.54) is 32.4 Å². The summed E-state index contributed by atoms with van der Waals surface area (Å²) < 4.78 is 0. The Morgan fingerprint density at radius 3 is 2.41 bits per heavy atom. The van der Waals surface area contributed by atoms with E-state index in [1.807, 2.05) is 4.90 Å². The number of anilines is 1. The number of likely N-dealkylation sites (tertiary alicyclic amines) is 2. The van der Waals surface area contributed by atoms with Crippen molar-refractivity contribution in [1.29, 1.82) is 0 Å². The first kappa shape index (κ1) is 27.3. The molecule has 4 aliphatic heterocycles. The maximum absolute atomic E-state index is 13.2. The third-order valence-corrected chi connectivity index (χ3v) is 8.58. The standard InChI is InChI=1S/C29H39N5O5/c35-24-12-11-23(27(37)31-24)34-28(38)21-8-7-9-22(26(21)29(34)39)30-15-4-1-3-10-25(36)33-18-13-20(14-19-33)32-16-5-2-6-17-32/h7-9,20,23,30H,1-6,10-19H2,(H,31,35,37).